The molecular formula is C24H23N5OS. The molecular weight excluding hydrogens is 406 g/mol. The van der Waals surface area contributed by atoms with Crippen molar-refractivity contribution in [2.45, 2.75) is 0 Å². The van der Waals surface area contributed by atoms with Gasteiger partial charge in [-0.2, -0.15) is 0 Å². The number of hydrogen-bond donors (Lipinski definition) is 1. The van der Waals surface area contributed by atoms with E-state index < -0.39 is 0 Å². The minimum atomic E-state index is -0.151. The molecule has 1 amide bonds. The number of piperazine rings is 1. The first kappa shape index (κ1) is 19.7. The van der Waals surface area contributed by atoms with Gasteiger partial charge in [-0.1, -0.05) is 18.2 Å². The highest BCUT2D eigenvalue weighted by Gasteiger charge is 2.16. The number of carbonyl (C=O) groups excluding carboxylic acids is 1. The summed E-state index contributed by atoms with van der Waals surface area (Å²) in [5.74, 6) is 0.394. The van der Waals surface area contributed by atoms with Crippen LogP contribution in [0.3, 0.4) is 0 Å². The molecule has 4 aromatic rings. The molecule has 1 saturated heterocycles. The molecule has 0 radical (unpaired) electrons. The third-order valence-electron chi connectivity index (χ3n) is 5.66. The number of rotatable bonds is 4. The van der Waals surface area contributed by atoms with E-state index in [1.807, 2.05) is 42.0 Å². The van der Waals surface area contributed by atoms with Crippen LogP contribution in [-0.2, 0) is 0 Å². The van der Waals surface area contributed by atoms with Crippen molar-refractivity contribution in [1.82, 2.24) is 14.9 Å². The zero-order valence-electron chi connectivity index (χ0n) is 17.3. The van der Waals surface area contributed by atoms with E-state index in [4.69, 9.17) is 0 Å². The number of pyridine rings is 1. The van der Waals surface area contributed by atoms with Gasteiger partial charge in [0, 0.05) is 55.2 Å². The molecule has 7 heteroatoms. The number of thiazole rings is 1. The van der Waals surface area contributed by atoms with Crippen LogP contribution in [0.15, 0.2) is 66.4 Å². The fraction of sp³-hybridized carbons (Fsp3) is 0.208. The Hall–Kier alpha value is -3.29. The molecule has 31 heavy (non-hydrogen) atoms. The topological polar surface area (TPSA) is 61.4 Å². The highest BCUT2D eigenvalue weighted by molar-refractivity contribution is 7.13. The van der Waals surface area contributed by atoms with Gasteiger partial charge in [0.05, 0.1) is 10.4 Å². The Kier molecular flexibility index (Phi) is 5.36. The summed E-state index contributed by atoms with van der Waals surface area (Å²) in [6.07, 6.45) is 3.66. The Labute approximate surface area is 185 Å². The largest absolute Gasteiger partial charge is 0.369 e. The predicted octanol–water partition coefficient (Wildman–Crippen LogP) is 4.36. The fourth-order valence-corrected chi connectivity index (χ4v) is 4.44. The van der Waals surface area contributed by atoms with Gasteiger partial charge in [-0.05, 0) is 48.3 Å². The Morgan fingerprint density at radius 2 is 1.87 bits per heavy atom. The van der Waals surface area contributed by atoms with Crippen LogP contribution in [0.4, 0.5) is 11.5 Å². The molecule has 1 aliphatic heterocycles. The van der Waals surface area contributed by atoms with Crippen molar-refractivity contribution in [3.8, 4) is 10.4 Å². The lowest BCUT2D eigenvalue weighted by molar-refractivity contribution is 0.102. The van der Waals surface area contributed by atoms with E-state index in [0.717, 1.165) is 53.1 Å². The van der Waals surface area contributed by atoms with Crippen LogP contribution in [-0.4, -0.2) is 54.0 Å². The Morgan fingerprint density at radius 3 is 2.68 bits per heavy atom. The Morgan fingerprint density at radius 1 is 1.00 bits per heavy atom. The van der Waals surface area contributed by atoms with Gasteiger partial charge in [-0.3, -0.25) is 9.78 Å². The van der Waals surface area contributed by atoms with Gasteiger partial charge in [-0.15, -0.1) is 11.3 Å². The summed E-state index contributed by atoms with van der Waals surface area (Å²) < 4.78 is 0. The van der Waals surface area contributed by atoms with Gasteiger partial charge >= 0.3 is 0 Å². The minimum Gasteiger partial charge on any atom is -0.369 e. The lowest BCUT2D eigenvalue weighted by atomic mass is 10.1. The molecule has 1 N–H and O–H groups in total. The summed E-state index contributed by atoms with van der Waals surface area (Å²) in [6, 6.07) is 16.0. The van der Waals surface area contributed by atoms with Gasteiger partial charge in [-0.25, -0.2) is 4.98 Å². The summed E-state index contributed by atoms with van der Waals surface area (Å²) in [4.78, 5) is 27.3. The number of hydrogen-bond acceptors (Lipinski definition) is 6. The monoisotopic (exact) mass is 429 g/mol. The van der Waals surface area contributed by atoms with Crippen LogP contribution in [0, 0.1) is 0 Å². The van der Waals surface area contributed by atoms with Crippen LogP contribution >= 0.6 is 11.3 Å². The van der Waals surface area contributed by atoms with Crippen LogP contribution in [0.5, 0.6) is 0 Å². The molecule has 0 saturated carbocycles. The fourth-order valence-electron chi connectivity index (χ4n) is 3.82. The maximum absolute atomic E-state index is 12.9. The number of amides is 1. The number of anilines is 2. The van der Waals surface area contributed by atoms with Crippen LogP contribution in [0.2, 0.25) is 0 Å². The predicted molar refractivity (Wildman–Crippen MR) is 127 cm³/mol. The van der Waals surface area contributed by atoms with Gasteiger partial charge in [0.2, 0.25) is 0 Å². The molecule has 0 spiro atoms. The van der Waals surface area contributed by atoms with E-state index >= 15 is 0 Å². The van der Waals surface area contributed by atoms with Crippen molar-refractivity contribution in [2.75, 3.05) is 43.4 Å². The summed E-state index contributed by atoms with van der Waals surface area (Å²) in [5.41, 5.74) is 4.66. The third-order valence-corrected chi connectivity index (χ3v) is 6.48. The van der Waals surface area contributed by atoms with Crippen LogP contribution in [0.25, 0.3) is 21.2 Å². The SMILES string of the molecule is CN1CCN(c2cccc(C(=O)Nc3cc4cc(-c5cncs5)ccc4cn3)c2)CC1. The first-order chi connectivity index (χ1) is 15.2. The van der Waals surface area contributed by atoms with Crippen molar-refractivity contribution in [3.05, 3.63) is 72.0 Å². The van der Waals surface area contributed by atoms with E-state index in [-0.39, 0.29) is 5.91 Å². The van der Waals surface area contributed by atoms with Gasteiger partial charge in [0.25, 0.3) is 5.91 Å². The molecule has 2 aromatic carbocycles. The Bertz CT molecular complexity index is 1220. The molecule has 2 aromatic heterocycles. The minimum absolute atomic E-state index is 0.151. The zero-order chi connectivity index (χ0) is 21.2. The number of fused-ring (bicyclic) bond motifs is 1. The molecule has 6 nitrogen and oxygen atoms in total. The molecule has 0 atom stereocenters. The molecule has 0 bridgehead atoms. The van der Waals surface area contributed by atoms with Gasteiger partial charge in [0.15, 0.2) is 0 Å². The highest BCUT2D eigenvalue weighted by atomic mass is 32.1. The molecule has 0 aliphatic carbocycles. The zero-order valence-corrected chi connectivity index (χ0v) is 18.1. The van der Waals surface area contributed by atoms with Crippen molar-refractivity contribution < 1.29 is 4.79 Å². The van der Waals surface area contributed by atoms with Crippen molar-refractivity contribution in [3.63, 3.8) is 0 Å². The number of nitrogens with zero attached hydrogens (tertiary/aromatic N) is 4. The number of likely N-dealkylation sites (N-methyl/N-ethyl adjacent to an activating group) is 1. The summed E-state index contributed by atoms with van der Waals surface area (Å²) in [6.45, 7) is 3.99. The number of aromatic nitrogens is 2. The smallest absolute Gasteiger partial charge is 0.256 e. The van der Waals surface area contributed by atoms with E-state index in [1.54, 1.807) is 17.5 Å². The van der Waals surface area contributed by atoms with E-state index in [0.29, 0.717) is 11.4 Å². The first-order valence-corrected chi connectivity index (χ1v) is 11.2. The van der Waals surface area contributed by atoms with Crippen molar-refractivity contribution >= 4 is 39.5 Å². The van der Waals surface area contributed by atoms with Crippen LogP contribution < -0.4 is 10.2 Å². The van der Waals surface area contributed by atoms with E-state index in [2.05, 4.69) is 50.3 Å². The molecule has 156 valence electrons. The highest BCUT2D eigenvalue weighted by Crippen LogP contribution is 2.28. The molecule has 0 unspecified atom stereocenters. The second-order valence-electron chi connectivity index (χ2n) is 7.79. The lowest BCUT2D eigenvalue weighted by Crippen LogP contribution is -2.44. The maximum Gasteiger partial charge on any atom is 0.256 e. The average molecular weight is 430 g/mol. The summed E-state index contributed by atoms with van der Waals surface area (Å²) in [7, 11) is 2.14. The third kappa shape index (κ3) is 4.28. The molecule has 5 rings (SSSR count). The standard InChI is InChI=1S/C24H23N5OS/c1-28-7-9-29(10-8-28)21-4-2-3-18(12-21)24(30)27-23-13-20-11-17(22-15-25-16-31-22)5-6-19(20)14-26-23/h2-6,11-16H,7-10H2,1H3,(H,26,27,30). The lowest BCUT2D eigenvalue weighted by Gasteiger charge is -2.34. The van der Waals surface area contributed by atoms with Gasteiger partial charge < -0.3 is 15.1 Å². The number of benzene rings is 2. The second-order valence-corrected chi connectivity index (χ2v) is 8.68. The molecule has 1 fully saturated rings. The number of carbonyl (C=O) groups is 1. The van der Waals surface area contributed by atoms with E-state index in [9.17, 15) is 4.79 Å². The summed E-state index contributed by atoms with van der Waals surface area (Å²) >= 11 is 1.61. The average Bonchev–Trinajstić information content (AvgIpc) is 3.34. The van der Waals surface area contributed by atoms with Crippen molar-refractivity contribution in [2.24, 2.45) is 0 Å². The quantitative estimate of drug-likeness (QED) is 0.522. The summed E-state index contributed by atoms with van der Waals surface area (Å²) in [5, 5.41) is 5.02. The van der Waals surface area contributed by atoms with Gasteiger partial charge in [0.1, 0.15) is 5.82 Å². The number of nitrogens with one attached hydrogen (secondary N) is 1. The Balaban J connectivity index is 1.35. The molecule has 1 aliphatic rings. The van der Waals surface area contributed by atoms with Crippen LogP contribution in [0.1, 0.15) is 10.4 Å². The molecule has 3 heterocycles. The first-order valence-electron chi connectivity index (χ1n) is 10.3. The maximum atomic E-state index is 12.9. The second kappa shape index (κ2) is 8.45. The van der Waals surface area contributed by atoms with E-state index in [1.165, 1.54) is 0 Å². The van der Waals surface area contributed by atoms with Crippen molar-refractivity contribution in [1.29, 1.82) is 0 Å². The normalized spacial score (nSPS) is 14.7.